The van der Waals surface area contributed by atoms with Crippen LogP contribution in [0.15, 0.2) is 144 Å². The van der Waals surface area contributed by atoms with Gasteiger partial charge >= 0.3 is 0 Å². The Hall–Kier alpha value is -4.66. The summed E-state index contributed by atoms with van der Waals surface area (Å²) in [5.41, 5.74) is 11.7. The smallest absolute Gasteiger partial charge is 0.135 e. The second kappa shape index (κ2) is 10.1. The fourth-order valence-corrected chi connectivity index (χ4v) is 6.82. The molecule has 0 aliphatic heterocycles. The molecule has 0 spiro atoms. The molecule has 1 aromatic heterocycles. The molecule has 0 atom stereocenters. The number of fused-ring (bicyclic) bond motifs is 3. The van der Waals surface area contributed by atoms with E-state index in [0.717, 1.165) is 21.9 Å². The summed E-state index contributed by atoms with van der Waals surface area (Å²) < 4.78 is 6.01. The molecule has 0 unspecified atom stereocenters. The first-order chi connectivity index (χ1) is 19.9. The summed E-state index contributed by atoms with van der Waals surface area (Å²) in [6, 6.07) is 50.5. The maximum absolute atomic E-state index is 6.01. The highest BCUT2D eigenvalue weighted by Gasteiger charge is 2.16. The van der Waals surface area contributed by atoms with Crippen molar-refractivity contribution in [3.8, 4) is 44.5 Å². The van der Waals surface area contributed by atoms with Crippen LogP contribution in [0.1, 0.15) is 0 Å². The van der Waals surface area contributed by atoms with Crippen molar-refractivity contribution in [3.63, 3.8) is 0 Å². The second-order valence-corrected chi connectivity index (χ2v) is 16.9. The molecular weight excluding hydrogens is 513 g/mol. The Balaban J connectivity index is 1.13. The highest BCUT2D eigenvalue weighted by Crippen LogP contribution is 2.34. The molecule has 1 nitrogen and oxygen atoms in total. The first-order valence-corrected chi connectivity index (χ1v) is 17.8. The zero-order valence-electron chi connectivity index (χ0n) is 23.7. The number of hydrogen-bond donors (Lipinski definition) is 0. The van der Waals surface area contributed by atoms with Gasteiger partial charge in [-0.2, -0.15) is 0 Å². The Kier molecular flexibility index (Phi) is 6.21. The highest BCUT2D eigenvalue weighted by molar-refractivity contribution is 6.88. The normalized spacial score (nSPS) is 11.8. The molecule has 1 heterocycles. The third kappa shape index (κ3) is 4.92. The molecule has 6 aromatic carbocycles. The van der Waals surface area contributed by atoms with Crippen LogP contribution in [0, 0.1) is 0 Å². The van der Waals surface area contributed by atoms with Crippen LogP contribution in [0.2, 0.25) is 19.6 Å². The number of rotatable bonds is 5. The van der Waals surface area contributed by atoms with Crippen LogP contribution in [0.3, 0.4) is 0 Å². The molecule has 2 heteroatoms. The molecule has 0 amide bonds. The summed E-state index contributed by atoms with van der Waals surface area (Å²) in [6.45, 7) is 7.17. The second-order valence-electron chi connectivity index (χ2n) is 11.9. The molecule has 0 fully saturated rings. The molecule has 7 aromatic rings. The molecule has 198 valence electrons. The highest BCUT2D eigenvalue weighted by atomic mass is 28.3. The first-order valence-electron chi connectivity index (χ1n) is 14.3. The summed E-state index contributed by atoms with van der Waals surface area (Å²) in [4.78, 5) is 0. The Morgan fingerprint density at radius 3 is 1.37 bits per heavy atom. The van der Waals surface area contributed by atoms with Crippen LogP contribution in [0.4, 0.5) is 0 Å². The van der Waals surface area contributed by atoms with Gasteiger partial charge in [-0.25, -0.2) is 0 Å². The van der Waals surface area contributed by atoms with Crippen LogP contribution in [-0.2, 0) is 0 Å². The van der Waals surface area contributed by atoms with Crippen molar-refractivity contribution in [1.29, 1.82) is 0 Å². The van der Waals surface area contributed by atoms with Gasteiger partial charge in [-0.1, -0.05) is 140 Å². The van der Waals surface area contributed by atoms with Gasteiger partial charge in [0.2, 0.25) is 0 Å². The number of furan rings is 1. The van der Waals surface area contributed by atoms with Crippen molar-refractivity contribution in [1.82, 2.24) is 0 Å². The zero-order valence-corrected chi connectivity index (χ0v) is 24.7. The average Bonchev–Trinajstić information content (AvgIpc) is 3.39. The van der Waals surface area contributed by atoms with Crippen LogP contribution >= 0.6 is 0 Å². The van der Waals surface area contributed by atoms with Crippen LogP contribution in [0.25, 0.3) is 66.4 Å². The maximum atomic E-state index is 6.01. The zero-order chi connectivity index (χ0) is 28.0. The summed E-state index contributed by atoms with van der Waals surface area (Å²) >= 11 is 0. The van der Waals surface area contributed by atoms with Crippen molar-refractivity contribution in [2.45, 2.75) is 19.6 Å². The van der Waals surface area contributed by atoms with Gasteiger partial charge in [0.05, 0.1) is 8.07 Å². The molecule has 0 N–H and O–H groups in total. The van der Waals surface area contributed by atoms with E-state index >= 15 is 0 Å². The van der Waals surface area contributed by atoms with E-state index in [1.165, 1.54) is 49.7 Å². The quantitative estimate of drug-likeness (QED) is 0.196. The predicted octanol–water partition coefficient (Wildman–Crippen LogP) is 10.8. The van der Waals surface area contributed by atoms with Crippen LogP contribution in [0.5, 0.6) is 0 Å². The molecule has 0 radical (unpaired) electrons. The Morgan fingerprint density at radius 2 is 0.805 bits per heavy atom. The van der Waals surface area contributed by atoms with Crippen molar-refractivity contribution >= 4 is 35.2 Å². The topological polar surface area (TPSA) is 13.1 Å². The molecule has 0 saturated heterocycles. The van der Waals surface area contributed by atoms with E-state index in [-0.39, 0.29) is 0 Å². The third-order valence-electron chi connectivity index (χ3n) is 8.09. The van der Waals surface area contributed by atoms with Crippen molar-refractivity contribution in [3.05, 3.63) is 140 Å². The monoisotopic (exact) mass is 544 g/mol. The minimum Gasteiger partial charge on any atom is -0.456 e. The third-order valence-corrected chi connectivity index (χ3v) is 10.2. The van der Waals surface area contributed by atoms with E-state index in [2.05, 4.69) is 147 Å². The van der Waals surface area contributed by atoms with Gasteiger partial charge in [-0.3, -0.25) is 0 Å². The molecular formula is C39H32OSi. The van der Waals surface area contributed by atoms with Gasteiger partial charge < -0.3 is 4.42 Å². The Labute approximate surface area is 242 Å². The summed E-state index contributed by atoms with van der Waals surface area (Å²) in [5.74, 6) is 0. The van der Waals surface area contributed by atoms with Crippen molar-refractivity contribution in [2.24, 2.45) is 0 Å². The standard InChI is InChI=1S/C39H32OSi/c1-41(2,3)35-22-19-28(20-23-35)27-11-13-29(14-12-27)32-7-6-8-33(25-32)30-15-17-31(18-16-30)34-21-24-39-37(26-34)36-9-4-5-10-38(36)40-39/h4-26H,1-3H3. The van der Waals surface area contributed by atoms with E-state index < -0.39 is 8.07 Å². The van der Waals surface area contributed by atoms with Crippen LogP contribution in [-0.4, -0.2) is 8.07 Å². The lowest BCUT2D eigenvalue weighted by Gasteiger charge is -2.16. The van der Waals surface area contributed by atoms with Gasteiger partial charge in [0.1, 0.15) is 11.2 Å². The first kappa shape index (κ1) is 25.3. The van der Waals surface area contributed by atoms with E-state index in [4.69, 9.17) is 4.42 Å². The molecule has 0 aliphatic rings. The largest absolute Gasteiger partial charge is 0.456 e. The minimum atomic E-state index is -1.28. The van der Waals surface area contributed by atoms with Gasteiger partial charge in [0.25, 0.3) is 0 Å². The molecule has 7 rings (SSSR count). The van der Waals surface area contributed by atoms with Gasteiger partial charge in [0, 0.05) is 10.8 Å². The number of para-hydroxylation sites is 1. The lowest BCUT2D eigenvalue weighted by atomic mass is 9.96. The summed E-state index contributed by atoms with van der Waals surface area (Å²) in [5, 5.41) is 3.81. The Morgan fingerprint density at radius 1 is 0.366 bits per heavy atom. The average molecular weight is 545 g/mol. The van der Waals surface area contributed by atoms with Crippen molar-refractivity contribution < 1.29 is 4.42 Å². The Bertz CT molecular complexity index is 1990. The van der Waals surface area contributed by atoms with Gasteiger partial charge in [-0.15, -0.1) is 0 Å². The molecule has 0 aliphatic carbocycles. The molecule has 0 bridgehead atoms. The SMILES string of the molecule is C[Si](C)(C)c1ccc(-c2ccc(-c3cccc(-c4ccc(-c5ccc6oc7ccccc7c6c5)cc4)c3)cc2)cc1. The van der Waals surface area contributed by atoms with E-state index in [1.54, 1.807) is 0 Å². The molecule has 41 heavy (non-hydrogen) atoms. The van der Waals surface area contributed by atoms with E-state index in [1.807, 2.05) is 12.1 Å². The minimum absolute atomic E-state index is 0.927. The maximum Gasteiger partial charge on any atom is 0.135 e. The molecule has 0 saturated carbocycles. The fraction of sp³-hybridized carbons (Fsp3) is 0.0769. The van der Waals surface area contributed by atoms with E-state index in [9.17, 15) is 0 Å². The lowest BCUT2D eigenvalue weighted by molar-refractivity contribution is 0.669. The van der Waals surface area contributed by atoms with Crippen molar-refractivity contribution in [2.75, 3.05) is 0 Å². The van der Waals surface area contributed by atoms with E-state index in [0.29, 0.717) is 0 Å². The van der Waals surface area contributed by atoms with Crippen LogP contribution < -0.4 is 5.19 Å². The lowest BCUT2D eigenvalue weighted by Crippen LogP contribution is -2.37. The number of benzene rings is 6. The summed E-state index contributed by atoms with van der Waals surface area (Å²) in [7, 11) is -1.28. The number of hydrogen-bond acceptors (Lipinski definition) is 1. The van der Waals surface area contributed by atoms with Gasteiger partial charge in [0.15, 0.2) is 0 Å². The predicted molar refractivity (Wildman–Crippen MR) is 178 cm³/mol. The fourth-order valence-electron chi connectivity index (χ4n) is 5.66. The summed E-state index contributed by atoms with van der Waals surface area (Å²) in [6.07, 6.45) is 0. The van der Waals surface area contributed by atoms with Gasteiger partial charge in [-0.05, 0) is 68.8 Å².